The Labute approximate surface area is 152 Å². The van der Waals surface area contributed by atoms with Crippen molar-refractivity contribution >= 4 is 15.9 Å². The molecule has 2 aromatic carbocycles. The Morgan fingerprint density at radius 1 is 1.15 bits per heavy atom. The predicted molar refractivity (Wildman–Crippen MR) is 95.7 cm³/mol. The van der Waals surface area contributed by atoms with Gasteiger partial charge in [-0.25, -0.2) is 17.9 Å². The van der Waals surface area contributed by atoms with Gasteiger partial charge >= 0.3 is 0 Å². The Kier molecular flexibility index (Phi) is 6.70. The lowest BCUT2D eigenvalue weighted by molar-refractivity contribution is -0.130. The van der Waals surface area contributed by atoms with Crippen molar-refractivity contribution < 1.29 is 22.3 Å². The Morgan fingerprint density at radius 2 is 1.81 bits per heavy atom. The molecule has 0 unspecified atom stereocenters. The van der Waals surface area contributed by atoms with E-state index in [1.807, 2.05) is 0 Å². The second-order valence-electron chi connectivity index (χ2n) is 5.78. The van der Waals surface area contributed by atoms with Gasteiger partial charge in [-0.3, -0.25) is 4.79 Å². The quantitative estimate of drug-likeness (QED) is 0.758. The first kappa shape index (κ1) is 19.9. The standard InChI is InChI=1S/C18H21FN2O4S/c1-21(12-13-25-17-5-3-2-4-16(17)19)18(22)11-8-14-6-9-15(10-7-14)26(20,23)24/h2-7,9-10H,8,11-13H2,1H3,(H2,20,23,24). The van der Waals surface area contributed by atoms with Gasteiger partial charge in [-0.05, 0) is 36.2 Å². The number of aryl methyl sites for hydroxylation is 1. The summed E-state index contributed by atoms with van der Waals surface area (Å²) in [4.78, 5) is 13.7. The molecule has 8 heteroatoms. The van der Waals surface area contributed by atoms with Crippen LogP contribution in [0.2, 0.25) is 0 Å². The molecular formula is C18H21FN2O4S. The van der Waals surface area contributed by atoms with Crippen LogP contribution < -0.4 is 9.88 Å². The van der Waals surface area contributed by atoms with Crippen molar-refractivity contribution in [3.05, 3.63) is 59.9 Å². The van der Waals surface area contributed by atoms with E-state index < -0.39 is 15.8 Å². The average molecular weight is 380 g/mol. The molecule has 0 saturated carbocycles. The second-order valence-corrected chi connectivity index (χ2v) is 7.34. The zero-order valence-corrected chi connectivity index (χ0v) is 15.2. The number of carbonyl (C=O) groups is 1. The van der Waals surface area contributed by atoms with Gasteiger partial charge in [-0.1, -0.05) is 24.3 Å². The highest BCUT2D eigenvalue weighted by Gasteiger charge is 2.11. The maximum Gasteiger partial charge on any atom is 0.238 e. The van der Waals surface area contributed by atoms with Crippen molar-refractivity contribution in [2.75, 3.05) is 20.2 Å². The molecule has 140 valence electrons. The zero-order valence-electron chi connectivity index (χ0n) is 14.4. The number of likely N-dealkylation sites (N-methyl/N-ethyl adjacent to an activating group) is 1. The summed E-state index contributed by atoms with van der Waals surface area (Å²) in [5.74, 6) is -0.370. The summed E-state index contributed by atoms with van der Waals surface area (Å²) < 4.78 is 41.2. The molecule has 0 aliphatic rings. The lowest BCUT2D eigenvalue weighted by Gasteiger charge is -2.17. The fourth-order valence-corrected chi connectivity index (χ4v) is 2.78. The largest absolute Gasteiger partial charge is 0.489 e. The Hall–Kier alpha value is -2.45. The molecule has 6 nitrogen and oxygen atoms in total. The van der Waals surface area contributed by atoms with E-state index in [0.717, 1.165) is 5.56 Å². The van der Waals surface area contributed by atoms with Crippen LogP contribution in [0, 0.1) is 5.82 Å². The summed E-state index contributed by atoms with van der Waals surface area (Å²) in [6.45, 7) is 0.518. The summed E-state index contributed by atoms with van der Waals surface area (Å²) in [5.41, 5.74) is 0.835. The molecule has 0 spiro atoms. The molecule has 0 saturated heterocycles. The molecule has 2 rings (SSSR count). The normalized spacial score (nSPS) is 11.2. The summed E-state index contributed by atoms with van der Waals surface area (Å²) >= 11 is 0. The van der Waals surface area contributed by atoms with E-state index in [2.05, 4.69) is 0 Å². The maximum atomic E-state index is 13.4. The van der Waals surface area contributed by atoms with Crippen molar-refractivity contribution in [1.82, 2.24) is 4.90 Å². The predicted octanol–water partition coefficient (Wildman–Crippen LogP) is 1.94. The molecule has 0 aromatic heterocycles. The number of sulfonamides is 1. The first-order chi connectivity index (χ1) is 12.3. The number of hydrogen-bond donors (Lipinski definition) is 1. The van der Waals surface area contributed by atoms with Gasteiger partial charge in [0.2, 0.25) is 15.9 Å². The van der Waals surface area contributed by atoms with Gasteiger partial charge in [0, 0.05) is 13.5 Å². The van der Waals surface area contributed by atoms with Gasteiger partial charge in [0.1, 0.15) is 6.61 Å². The van der Waals surface area contributed by atoms with Gasteiger partial charge in [-0.15, -0.1) is 0 Å². The van der Waals surface area contributed by atoms with E-state index in [-0.39, 0.29) is 29.6 Å². The van der Waals surface area contributed by atoms with Crippen LogP contribution in [0.5, 0.6) is 5.75 Å². The van der Waals surface area contributed by atoms with Crippen molar-refractivity contribution in [3.63, 3.8) is 0 Å². The molecule has 0 aliphatic carbocycles. The second kappa shape index (κ2) is 8.77. The van der Waals surface area contributed by atoms with Gasteiger partial charge in [-0.2, -0.15) is 0 Å². The zero-order chi connectivity index (χ0) is 19.2. The Morgan fingerprint density at radius 3 is 2.42 bits per heavy atom. The number of carbonyl (C=O) groups excluding carboxylic acids is 1. The fourth-order valence-electron chi connectivity index (χ4n) is 2.27. The Bertz CT molecular complexity index is 854. The van der Waals surface area contributed by atoms with E-state index in [1.54, 1.807) is 31.3 Å². The molecule has 0 radical (unpaired) electrons. The number of nitrogens with two attached hydrogens (primary N) is 1. The number of hydrogen-bond acceptors (Lipinski definition) is 4. The van der Waals surface area contributed by atoms with Crippen LogP contribution in [0.1, 0.15) is 12.0 Å². The minimum Gasteiger partial charge on any atom is -0.489 e. The number of rotatable bonds is 8. The molecule has 26 heavy (non-hydrogen) atoms. The van der Waals surface area contributed by atoms with Crippen LogP contribution >= 0.6 is 0 Å². The van der Waals surface area contributed by atoms with Crippen molar-refractivity contribution in [2.24, 2.45) is 5.14 Å². The highest BCUT2D eigenvalue weighted by Crippen LogP contribution is 2.15. The number of primary sulfonamides is 1. The molecule has 0 atom stereocenters. The van der Waals surface area contributed by atoms with Crippen LogP contribution in [0.3, 0.4) is 0 Å². The molecule has 0 bridgehead atoms. The fraction of sp³-hybridized carbons (Fsp3) is 0.278. The third-order valence-electron chi connectivity index (χ3n) is 3.83. The molecule has 2 aromatic rings. The first-order valence-electron chi connectivity index (χ1n) is 8.00. The third kappa shape index (κ3) is 5.82. The summed E-state index contributed by atoms with van der Waals surface area (Å²) in [5, 5.41) is 5.04. The minimum atomic E-state index is -3.72. The van der Waals surface area contributed by atoms with Crippen molar-refractivity contribution in [1.29, 1.82) is 0 Å². The van der Waals surface area contributed by atoms with Crippen LogP contribution in [0.25, 0.3) is 0 Å². The maximum absolute atomic E-state index is 13.4. The lowest BCUT2D eigenvalue weighted by Crippen LogP contribution is -2.31. The highest BCUT2D eigenvalue weighted by molar-refractivity contribution is 7.89. The van der Waals surface area contributed by atoms with Crippen LogP contribution in [-0.2, 0) is 21.2 Å². The number of para-hydroxylation sites is 1. The Balaban J connectivity index is 1.77. The number of ether oxygens (including phenoxy) is 1. The third-order valence-corrected chi connectivity index (χ3v) is 4.76. The number of benzene rings is 2. The van der Waals surface area contributed by atoms with E-state index in [0.29, 0.717) is 13.0 Å². The first-order valence-corrected chi connectivity index (χ1v) is 9.55. The molecule has 0 aliphatic heterocycles. The van der Waals surface area contributed by atoms with Gasteiger partial charge in [0.25, 0.3) is 0 Å². The van der Waals surface area contributed by atoms with Crippen molar-refractivity contribution in [2.45, 2.75) is 17.7 Å². The SMILES string of the molecule is CN(CCOc1ccccc1F)C(=O)CCc1ccc(S(N)(=O)=O)cc1. The summed E-state index contributed by atoms with van der Waals surface area (Å²) in [7, 11) is -2.07. The molecule has 0 fully saturated rings. The van der Waals surface area contributed by atoms with Crippen molar-refractivity contribution in [3.8, 4) is 5.75 Å². The van der Waals surface area contributed by atoms with Gasteiger partial charge in [0.05, 0.1) is 11.4 Å². The number of nitrogens with zero attached hydrogens (tertiary/aromatic N) is 1. The monoisotopic (exact) mass is 380 g/mol. The number of amides is 1. The summed E-state index contributed by atoms with van der Waals surface area (Å²) in [6.07, 6.45) is 0.743. The van der Waals surface area contributed by atoms with E-state index in [1.165, 1.54) is 29.2 Å². The van der Waals surface area contributed by atoms with Gasteiger partial charge in [0.15, 0.2) is 11.6 Å². The smallest absolute Gasteiger partial charge is 0.238 e. The van der Waals surface area contributed by atoms with Crippen LogP contribution in [0.15, 0.2) is 53.4 Å². The minimum absolute atomic E-state index is 0.0370. The molecule has 1 amide bonds. The van der Waals surface area contributed by atoms with E-state index in [9.17, 15) is 17.6 Å². The van der Waals surface area contributed by atoms with E-state index in [4.69, 9.17) is 9.88 Å². The highest BCUT2D eigenvalue weighted by atomic mass is 32.2. The van der Waals surface area contributed by atoms with Crippen LogP contribution in [0.4, 0.5) is 4.39 Å². The lowest BCUT2D eigenvalue weighted by atomic mass is 10.1. The average Bonchev–Trinajstić information content (AvgIpc) is 2.60. The van der Waals surface area contributed by atoms with Gasteiger partial charge < -0.3 is 9.64 Å². The summed E-state index contributed by atoms with van der Waals surface area (Å²) in [6, 6.07) is 12.2. The number of halogens is 1. The molecular weight excluding hydrogens is 359 g/mol. The molecule has 0 heterocycles. The topological polar surface area (TPSA) is 89.7 Å². The van der Waals surface area contributed by atoms with Crippen LogP contribution in [-0.4, -0.2) is 39.4 Å². The molecule has 2 N–H and O–H groups in total. The van der Waals surface area contributed by atoms with E-state index >= 15 is 0 Å².